The molecule has 1 aromatic heterocycles. The Morgan fingerprint density at radius 2 is 1.95 bits per heavy atom. The summed E-state index contributed by atoms with van der Waals surface area (Å²) in [7, 11) is 1.89. The summed E-state index contributed by atoms with van der Waals surface area (Å²) >= 11 is 10.1. The van der Waals surface area contributed by atoms with Crippen molar-refractivity contribution in [3.05, 3.63) is 61.0 Å². The highest BCUT2D eigenvalue weighted by molar-refractivity contribution is 9.11. The van der Waals surface area contributed by atoms with Gasteiger partial charge in [-0.2, -0.15) is 0 Å². The second-order valence-corrected chi connectivity index (χ2v) is 6.94. The SMILES string of the molecule is CNC(Cc1ccc(F)c(Br)c1)c1ncc(Br)cc1Br. The second-order valence-electron chi connectivity index (χ2n) is 4.31. The first-order valence-electron chi connectivity index (χ1n) is 5.93. The number of nitrogens with zero attached hydrogens (tertiary/aromatic N) is 1. The number of nitrogens with one attached hydrogen (secondary N) is 1. The molecular weight excluding hydrogens is 455 g/mol. The van der Waals surface area contributed by atoms with Crippen molar-refractivity contribution >= 4 is 47.8 Å². The summed E-state index contributed by atoms with van der Waals surface area (Å²) in [6, 6.07) is 7.07. The summed E-state index contributed by atoms with van der Waals surface area (Å²) in [5.41, 5.74) is 1.96. The lowest BCUT2D eigenvalue weighted by molar-refractivity contribution is 0.570. The van der Waals surface area contributed by atoms with Crippen molar-refractivity contribution in [2.45, 2.75) is 12.5 Å². The quantitative estimate of drug-likeness (QED) is 0.685. The summed E-state index contributed by atoms with van der Waals surface area (Å²) in [5.74, 6) is -0.252. The van der Waals surface area contributed by atoms with E-state index in [1.165, 1.54) is 6.07 Å². The highest BCUT2D eigenvalue weighted by Crippen LogP contribution is 2.27. The van der Waals surface area contributed by atoms with Crippen LogP contribution in [-0.4, -0.2) is 12.0 Å². The molecule has 20 heavy (non-hydrogen) atoms. The third kappa shape index (κ3) is 3.87. The monoisotopic (exact) mass is 464 g/mol. The molecular formula is C14H12Br3FN2. The molecule has 0 bridgehead atoms. The zero-order valence-corrected chi connectivity index (χ0v) is 15.4. The zero-order chi connectivity index (χ0) is 14.7. The van der Waals surface area contributed by atoms with Crippen molar-refractivity contribution in [3.8, 4) is 0 Å². The fraction of sp³-hybridized carbons (Fsp3) is 0.214. The van der Waals surface area contributed by atoms with E-state index in [0.29, 0.717) is 4.47 Å². The Balaban J connectivity index is 2.26. The molecule has 0 radical (unpaired) electrons. The largest absolute Gasteiger partial charge is 0.311 e. The standard InChI is InChI=1S/C14H12Br3FN2/c1-19-13(14-11(17)6-9(15)7-20-14)5-8-2-3-12(18)10(16)4-8/h2-4,6-7,13,19H,5H2,1H3. The van der Waals surface area contributed by atoms with Crippen molar-refractivity contribution in [1.29, 1.82) is 0 Å². The van der Waals surface area contributed by atoms with Crippen LogP contribution in [-0.2, 0) is 6.42 Å². The fourth-order valence-electron chi connectivity index (χ4n) is 1.92. The first kappa shape index (κ1) is 16.1. The van der Waals surface area contributed by atoms with E-state index < -0.39 is 0 Å². The Labute approximate surface area is 142 Å². The van der Waals surface area contributed by atoms with Crippen LogP contribution in [0.4, 0.5) is 4.39 Å². The van der Waals surface area contributed by atoms with Gasteiger partial charge in [-0.1, -0.05) is 6.07 Å². The first-order valence-corrected chi connectivity index (χ1v) is 8.31. The molecule has 2 nitrogen and oxygen atoms in total. The molecule has 0 spiro atoms. The maximum Gasteiger partial charge on any atom is 0.137 e. The van der Waals surface area contributed by atoms with Gasteiger partial charge in [0, 0.05) is 15.1 Å². The number of aromatic nitrogens is 1. The minimum absolute atomic E-state index is 0.0508. The third-order valence-corrected chi connectivity index (χ3v) is 4.62. The molecule has 1 N–H and O–H groups in total. The number of hydrogen-bond donors (Lipinski definition) is 1. The summed E-state index contributed by atoms with van der Waals surface area (Å²) < 4.78 is 15.6. The number of likely N-dealkylation sites (N-methyl/N-ethyl adjacent to an activating group) is 1. The lowest BCUT2D eigenvalue weighted by Crippen LogP contribution is -2.20. The molecule has 1 atom stereocenters. The van der Waals surface area contributed by atoms with E-state index >= 15 is 0 Å². The Morgan fingerprint density at radius 1 is 1.20 bits per heavy atom. The molecule has 1 heterocycles. The van der Waals surface area contributed by atoms with Gasteiger partial charge in [0.1, 0.15) is 5.82 Å². The van der Waals surface area contributed by atoms with E-state index in [2.05, 4.69) is 58.1 Å². The number of halogens is 4. The summed E-state index contributed by atoms with van der Waals surface area (Å²) in [4.78, 5) is 4.44. The van der Waals surface area contributed by atoms with Crippen LogP contribution < -0.4 is 5.32 Å². The fourth-order valence-corrected chi connectivity index (χ4v) is 3.61. The molecule has 1 aromatic carbocycles. The van der Waals surface area contributed by atoms with Gasteiger partial charge in [-0.3, -0.25) is 4.98 Å². The van der Waals surface area contributed by atoms with Crippen LogP contribution in [0.3, 0.4) is 0 Å². The molecule has 0 amide bonds. The first-order chi connectivity index (χ1) is 9.51. The predicted molar refractivity (Wildman–Crippen MR) is 89.2 cm³/mol. The smallest absolute Gasteiger partial charge is 0.137 e. The van der Waals surface area contributed by atoms with Gasteiger partial charge in [0.15, 0.2) is 0 Å². The van der Waals surface area contributed by atoms with Crippen molar-refractivity contribution < 1.29 is 4.39 Å². The Bertz CT molecular complexity index is 619. The summed E-state index contributed by atoms with van der Waals surface area (Å²) in [5, 5.41) is 3.24. The third-order valence-electron chi connectivity index (χ3n) is 2.94. The van der Waals surface area contributed by atoms with E-state index in [-0.39, 0.29) is 11.9 Å². The van der Waals surface area contributed by atoms with E-state index in [1.54, 1.807) is 18.3 Å². The maximum atomic E-state index is 13.3. The topological polar surface area (TPSA) is 24.9 Å². The molecule has 0 saturated carbocycles. The summed E-state index contributed by atoms with van der Waals surface area (Å²) in [6.07, 6.45) is 2.49. The molecule has 0 aliphatic carbocycles. The van der Waals surface area contributed by atoms with Crippen molar-refractivity contribution in [2.24, 2.45) is 0 Å². The lowest BCUT2D eigenvalue weighted by Gasteiger charge is -2.17. The van der Waals surface area contributed by atoms with Gasteiger partial charge in [0.05, 0.1) is 16.2 Å². The van der Waals surface area contributed by atoms with Crippen molar-refractivity contribution in [1.82, 2.24) is 10.3 Å². The molecule has 0 saturated heterocycles. The van der Waals surface area contributed by atoms with E-state index in [4.69, 9.17) is 0 Å². The van der Waals surface area contributed by atoms with Crippen LogP contribution >= 0.6 is 47.8 Å². The van der Waals surface area contributed by atoms with E-state index in [0.717, 1.165) is 26.6 Å². The summed E-state index contributed by atoms with van der Waals surface area (Å²) in [6.45, 7) is 0. The van der Waals surface area contributed by atoms with Gasteiger partial charge in [-0.15, -0.1) is 0 Å². The molecule has 1 unspecified atom stereocenters. The van der Waals surface area contributed by atoms with Crippen molar-refractivity contribution in [2.75, 3.05) is 7.05 Å². The van der Waals surface area contributed by atoms with Gasteiger partial charge >= 0.3 is 0 Å². The normalized spacial score (nSPS) is 12.4. The van der Waals surface area contributed by atoms with Crippen LogP contribution in [0, 0.1) is 5.82 Å². The average Bonchev–Trinajstić information content (AvgIpc) is 2.41. The molecule has 0 aliphatic heterocycles. The predicted octanol–water partition coefficient (Wildman–Crippen LogP) is 5.01. The molecule has 6 heteroatoms. The van der Waals surface area contributed by atoms with Crippen LogP contribution in [0.15, 0.2) is 43.9 Å². The second kappa shape index (κ2) is 7.11. The van der Waals surface area contributed by atoms with Gasteiger partial charge < -0.3 is 5.32 Å². The van der Waals surface area contributed by atoms with E-state index in [1.807, 2.05) is 13.1 Å². The van der Waals surface area contributed by atoms with Gasteiger partial charge in [-0.05, 0) is 85.0 Å². The number of hydrogen-bond acceptors (Lipinski definition) is 2. The maximum absolute atomic E-state index is 13.3. The highest BCUT2D eigenvalue weighted by Gasteiger charge is 2.16. The molecule has 2 aromatic rings. The van der Waals surface area contributed by atoms with E-state index in [9.17, 15) is 4.39 Å². The van der Waals surface area contributed by atoms with Crippen LogP contribution in [0.25, 0.3) is 0 Å². The van der Waals surface area contributed by atoms with Gasteiger partial charge in [0.25, 0.3) is 0 Å². The number of pyridine rings is 1. The molecule has 0 aliphatic rings. The highest BCUT2D eigenvalue weighted by atomic mass is 79.9. The number of benzene rings is 1. The lowest BCUT2D eigenvalue weighted by atomic mass is 10.0. The zero-order valence-electron chi connectivity index (χ0n) is 10.6. The van der Waals surface area contributed by atoms with Gasteiger partial charge in [0.2, 0.25) is 0 Å². The molecule has 2 rings (SSSR count). The van der Waals surface area contributed by atoms with Crippen molar-refractivity contribution in [3.63, 3.8) is 0 Å². The number of rotatable bonds is 4. The van der Waals surface area contributed by atoms with Crippen LogP contribution in [0.2, 0.25) is 0 Å². The molecule has 106 valence electrons. The van der Waals surface area contributed by atoms with Gasteiger partial charge in [-0.25, -0.2) is 4.39 Å². The minimum Gasteiger partial charge on any atom is -0.311 e. The van der Waals surface area contributed by atoms with Crippen LogP contribution in [0.1, 0.15) is 17.3 Å². The Hall–Kier alpha value is -0.300. The Kier molecular flexibility index (Phi) is 5.72. The van der Waals surface area contributed by atoms with Crippen LogP contribution in [0.5, 0.6) is 0 Å². The molecule has 0 fully saturated rings. The average molecular weight is 467 g/mol. The Morgan fingerprint density at radius 3 is 2.55 bits per heavy atom. The minimum atomic E-state index is -0.252.